The molecule has 3 heteroatoms. The molecule has 1 N–H and O–H groups in total. The lowest BCUT2D eigenvalue weighted by molar-refractivity contribution is 0.276. The van der Waals surface area contributed by atoms with Gasteiger partial charge in [-0.25, -0.2) is 0 Å². The van der Waals surface area contributed by atoms with E-state index in [1.54, 1.807) is 0 Å². The first-order valence-corrected chi connectivity index (χ1v) is 9.11. The Morgan fingerprint density at radius 1 is 1.45 bits per heavy atom. The fourth-order valence-electron chi connectivity index (χ4n) is 3.31. The van der Waals surface area contributed by atoms with Gasteiger partial charge in [-0.2, -0.15) is 11.8 Å². The standard InChI is InChI=1S/C17H25NOS/c1-2-9-18-16(14-8-11-20-12-14)15-7-3-5-13-6-4-10-19-17(13)15/h3,5,7,14,16,18H,2,4,6,8-12H2,1H3. The first-order valence-electron chi connectivity index (χ1n) is 7.96. The van der Waals surface area contributed by atoms with Crippen molar-refractivity contribution in [1.29, 1.82) is 0 Å². The lowest BCUT2D eigenvalue weighted by atomic mass is 9.89. The van der Waals surface area contributed by atoms with Gasteiger partial charge >= 0.3 is 0 Å². The van der Waals surface area contributed by atoms with Gasteiger partial charge in [0.1, 0.15) is 5.75 Å². The van der Waals surface area contributed by atoms with Crippen molar-refractivity contribution in [2.45, 2.75) is 38.6 Å². The zero-order valence-corrected chi connectivity index (χ0v) is 13.2. The molecule has 110 valence electrons. The zero-order chi connectivity index (χ0) is 13.8. The maximum atomic E-state index is 6.03. The Bertz CT molecular complexity index is 443. The Morgan fingerprint density at radius 2 is 2.40 bits per heavy atom. The van der Waals surface area contributed by atoms with Gasteiger partial charge in [0.2, 0.25) is 0 Å². The highest BCUT2D eigenvalue weighted by atomic mass is 32.2. The molecule has 0 bridgehead atoms. The van der Waals surface area contributed by atoms with E-state index in [1.807, 2.05) is 0 Å². The number of ether oxygens (including phenoxy) is 1. The highest BCUT2D eigenvalue weighted by Gasteiger charge is 2.29. The number of thioether (sulfide) groups is 1. The summed E-state index contributed by atoms with van der Waals surface area (Å²) < 4.78 is 6.03. The second-order valence-electron chi connectivity index (χ2n) is 5.84. The van der Waals surface area contributed by atoms with E-state index in [-0.39, 0.29) is 0 Å². The Kier molecular flexibility index (Phi) is 4.90. The molecule has 1 fully saturated rings. The van der Waals surface area contributed by atoms with E-state index in [0.717, 1.165) is 25.5 Å². The number of benzene rings is 1. The summed E-state index contributed by atoms with van der Waals surface area (Å²) >= 11 is 2.10. The minimum absolute atomic E-state index is 0.470. The maximum Gasteiger partial charge on any atom is 0.127 e. The van der Waals surface area contributed by atoms with Gasteiger partial charge in [0, 0.05) is 11.6 Å². The highest BCUT2D eigenvalue weighted by molar-refractivity contribution is 7.99. The first-order chi connectivity index (χ1) is 9.90. The fraction of sp³-hybridized carbons (Fsp3) is 0.647. The molecule has 0 saturated carbocycles. The van der Waals surface area contributed by atoms with Crippen LogP contribution in [0.15, 0.2) is 18.2 Å². The third kappa shape index (κ3) is 2.99. The molecule has 0 spiro atoms. The summed E-state index contributed by atoms with van der Waals surface area (Å²) in [7, 11) is 0. The summed E-state index contributed by atoms with van der Waals surface area (Å²) in [5.41, 5.74) is 2.81. The molecule has 1 aromatic carbocycles. The van der Waals surface area contributed by atoms with E-state index in [9.17, 15) is 0 Å². The van der Waals surface area contributed by atoms with Crippen LogP contribution < -0.4 is 10.1 Å². The minimum atomic E-state index is 0.470. The Hall–Kier alpha value is -0.670. The molecule has 2 heterocycles. The van der Waals surface area contributed by atoms with E-state index in [0.29, 0.717) is 6.04 Å². The van der Waals surface area contributed by atoms with Gasteiger partial charge in [0.15, 0.2) is 0 Å². The second-order valence-corrected chi connectivity index (χ2v) is 6.99. The second kappa shape index (κ2) is 6.86. The van der Waals surface area contributed by atoms with E-state index in [1.165, 1.54) is 47.6 Å². The Morgan fingerprint density at radius 3 is 3.20 bits per heavy atom. The molecule has 2 unspecified atom stereocenters. The monoisotopic (exact) mass is 291 g/mol. The van der Waals surface area contributed by atoms with Crippen molar-refractivity contribution in [2.24, 2.45) is 5.92 Å². The van der Waals surface area contributed by atoms with E-state index in [4.69, 9.17) is 4.74 Å². The first kappa shape index (κ1) is 14.3. The average Bonchev–Trinajstić information content (AvgIpc) is 3.02. The molecule has 20 heavy (non-hydrogen) atoms. The lowest BCUT2D eigenvalue weighted by Crippen LogP contribution is -2.30. The normalized spacial score (nSPS) is 23.1. The van der Waals surface area contributed by atoms with E-state index < -0.39 is 0 Å². The van der Waals surface area contributed by atoms with Crippen molar-refractivity contribution in [3.63, 3.8) is 0 Å². The van der Waals surface area contributed by atoms with Crippen LogP contribution in [0.5, 0.6) is 5.75 Å². The zero-order valence-electron chi connectivity index (χ0n) is 12.4. The molecule has 0 radical (unpaired) electrons. The lowest BCUT2D eigenvalue weighted by Gasteiger charge is -2.29. The van der Waals surface area contributed by atoms with Crippen molar-refractivity contribution in [2.75, 3.05) is 24.7 Å². The highest BCUT2D eigenvalue weighted by Crippen LogP contribution is 2.40. The van der Waals surface area contributed by atoms with Crippen LogP contribution in [-0.2, 0) is 6.42 Å². The smallest absolute Gasteiger partial charge is 0.127 e. The van der Waals surface area contributed by atoms with Crippen LogP contribution in [0.1, 0.15) is 43.4 Å². The molecular weight excluding hydrogens is 266 g/mol. The quantitative estimate of drug-likeness (QED) is 0.891. The van der Waals surface area contributed by atoms with Crippen molar-refractivity contribution < 1.29 is 4.74 Å². The van der Waals surface area contributed by atoms with Crippen molar-refractivity contribution in [1.82, 2.24) is 5.32 Å². The number of rotatable bonds is 5. The Labute approximate surface area is 126 Å². The van der Waals surface area contributed by atoms with Crippen molar-refractivity contribution >= 4 is 11.8 Å². The van der Waals surface area contributed by atoms with Crippen LogP contribution in [0.3, 0.4) is 0 Å². The van der Waals surface area contributed by atoms with Crippen molar-refractivity contribution in [3.8, 4) is 5.75 Å². The summed E-state index contributed by atoms with van der Waals surface area (Å²) in [6, 6.07) is 7.20. The fourth-order valence-corrected chi connectivity index (χ4v) is 4.60. The van der Waals surface area contributed by atoms with Crippen LogP contribution in [-0.4, -0.2) is 24.7 Å². The molecule has 2 nitrogen and oxygen atoms in total. The third-order valence-electron chi connectivity index (χ3n) is 4.35. The summed E-state index contributed by atoms with van der Waals surface area (Å²) in [5.74, 6) is 4.53. The van der Waals surface area contributed by atoms with Crippen LogP contribution in [0.2, 0.25) is 0 Å². The van der Waals surface area contributed by atoms with E-state index >= 15 is 0 Å². The minimum Gasteiger partial charge on any atom is -0.493 e. The van der Waals surface area contributed by atoms with Crippen LogP contribution in [0.4, 0.5) is 0 Å². The summed E-state index contributed by atoms with van der Waals surface area (Å²) in [6.45, 7) is 4.21. The number of aryl methyl sites for hydroxylation is 1. The maximum absolute atomic E-state index is 6.03. The molecule has 1 saturated heterocycles. The van der Waals surface area contributed by atoms with Gasteiger partial charge in [0.25, 0.3) is 0 Å². The van der Waals surface area contributed by atoms with Crippen LogP contribution in [0.25, 0.3) is 0 Å². The number of hydrogen-bond donors (Lipinski definition) is 1. The van der Waals surface area contributed by atoms with Gasteiger partial charge in [-0.15, -0.1) is 0 Å². The van der Waals surface area contributed by atoms with Crippen LogP contribution in [0, 0.1) is 5.92 Å². The summed E-state index contributed by atoms with van der Waals surface area (Å²) in [5, 5.41) is 3.78. The summed E-state index contributed by atoms with van der Waals surface area (Å²) in [4.78, 5) is 0. The van der Waals surface area contributed by atoms with Gasteiger partial charge in [-0.05, 0) is 55.2 Å². The Balaban J connectivity index is 1.89. The average molecular weight is 291 g/mol. The number of nitrogens with one attached hydrogen (secondary N) is 1. The molecule has 3 rings (SSSR count). The van der Waals surface area contributed by atoms with E-state index in [2.05, 4.69) is 42.2 Å². The van der Waals surface area contributed by atoms with Gasteiger partial charge in [-0.3, -0.25) is 0 Å². The number of para-hydroxylation sites is 1. The predicted octanol–water partition coefficient (Wildman–Crippen LogP) is 3.81. The molecule has 0 aliphatic carbocycles. The van der Waals surface area contributed by atoms with Gasteiger partial charge < -0.3 is 10.1 Å². The topological polar surface area (TPSA) is 21.3 Å². The summed E-state index contributed by atoms with van der Waals surface area (Å²) in [6.07, 6.45) is 4.84. The molecule has 2 atom stereocenters. The molecule has 0 aromatic heterocycles. The predicted molar refractivity (Wildman–Crippen MR) is 86.7 cm³/mol. The van der Waals surface area contributed by atoms with Gasteiger partial charge in [0.05, 0.1) is 6.61 Å². The third-order valence-corrected chi connectivity index (χ3v) is 5.54. The van der Waals surface area contributed by atoms with Gasteiger partial charge in [-0.1, -0.05) is 25.1 Å². The number of hydrogen-bond acceptors (Lipinski definition) is 3. The molecule has 0 amide bonds. The van der Waals surface area contributed by atoms with Crippen LogP contribution >= 0.6 is 11.8 Å². The molecular formula is C17H25NOS. The largest absolute Gasteiger partial charge is 0.493 e. The number of fused-ring (bicyclic) bond motifs is 1. The molecule has 1 aromatic rings. The SMILES string of the molecule is CCCNC(c1cccc2c1OCCC2)C1CCSC1. The molecule has 2 aliphatic heterocycles. The van der Waals surface area contributed by atoms with Crippen molar-refractivity contribution in [3.05, 3.63) is 29.3 Å². The molecule has 2 aliphatic rings.